The van der Waals surface area contributed by atoms with E-state index in [0.29, 0.717) is 16.8 Å². The summed E-state index contributed by atoms with van der Waals surface area (Å²) in [4.78, 5) is 19.8. The molecule has 0 atom stereocenters. The molecule has 2 aromatic carbocycles. The van der Waals surface area contributed by atoms with Crippen molar-refractivity contribution in [1.82, 2.24) is 4.98 Å². The first-order valence-electron chi connectivity index (χ1n) is 9.82. The number of carbonyl (C=O) groups is 1. The molecule has 0 spiro atoms. The van der Waals surface area contributed by atoms with Crippen LogP contribution in [0.1, 0.15) is 15.9 Å². The van der Waals surface area contributed by atoms with Gasteiger partial charge in [-0.25, -0.2) is 13.4 Å². The molecule has 1 N–H and O–H groups in total. The number of aryl methyl sites for hydroxylation is 1. The van der Waals surface area contributed by atoms with Gasteiger partial charge in [-0.1, -0.05) is 18.2 Å². The van der Waals surface area contributed by atoms with Gasteiger partial charge < -0.3 is 15.0 Å². The van der Waals surface area contributed by atoms with Crippen LogP contribution in [0.15, 0.2) is 52.7 Å². The van der Waals surface area contributed by atoms with Gasteiger partial charge in [0.05, 0.1) is 23.8 Å². The number of morpholine rings is 1. The Morgan fingerprint density at radius 2 is 1.84 bits per heavy atom. The summed E-state index contributed by atoms with van der Waals surface area (Å²) in [5.74, 6) is -0.348. The van der Waals surface area contributed by atoms with Crippen molar-refractivity contribution in [3.63, 3.8) is 0 Å². The lowest BCUT2D eigenvalue weighted by Gasteiger charge is -2.26. The molecule has 162 valence electrons. The molecule has 9 heteroatoms. The quantitative estimate of drug-likeness (QED) is 0.630. The molecule has 1 saturated heterocycles. The number of rotatable bonds is 5. The maximum atomic E-state index is 12.7. The standard InChI is InChI=1S/C22H23N3O4S2/c1-15-3-8-18(31(2,27)28)13-19(15)21(26)23-17-6-4-16(5-7-17)20-14-30-22(24-20)25-9-11-29-12-10-25/h3-8,13-14H,9-12H2,1-2H3,(H,23,26). The zero-order valence-electron chi connectivity index (χ0n) is 17.3. The number of sulfone groups is 1. The van der Waals surface area contributed by atoms with Crippen LogP contribution in [0.4, 0.5) is 10.8 Å². The summed E-state index contributed by atoms with van der Waals surface area (Å²) in [6, 6.07) is 12.0. The van der Waals surface area contributed by atoms with Crippen LogP contribution in [0.2, 0.25) is 0 Å². The molecule has 31 heavy (non-hydrogen) atoms. The van der Waals surface area contributed by atoms with E-state index in [-0.39, 0.29) is 10.8 Å². The predicted molar refractivity (Wildman–Crippen MR) is 123 cm³/mol. The van der Waals surface area contributed by atoms with Crippen LogP contribution >= 0.6 is 11.3 Å². The summed E-state index contributed by atoms with van der Waals surface area (Å²) in [7, 11) is -3.39. The fourth-order valence-electron chi connectivity index (χ4n) is 3.30. The van der Waals surface area contributed by atoms with Gasteiger partial charge in [0, 0.05) is 41.5 Å². The first-order valence-corrected chi connectivity index (χ1v) is 12.6. The van der Waals surface area contributed by atoms with Crippen molar-refractivity contribution in [2.45, 2.75) is 11.8 Å². The number of ether oxygens (including phenoxy) is 1. The van der Waals surface area contributed by atoms with Crippen LogP contribution in [0.5, 0.6) is 0 Å². The van der Waals surface area contributed by atoms with Crippen LogP contribution in [-0.2, 0) is 14.6 Å². The smallest absolute Gasteiger partial charge is 0.255 e. The van der Waals surface area contributed by atoms with Crippen molar-refractivity contribution in [3.05, 3.63) is 59.0 Å². The second kappa shape index (κ2) is 8.78. The number of nitrogens with one attached hydrogen (secondary N) is 1. The normalized spacial score (nSPS) is 14.5. The highest BCUT2D eigenvalue weighted by molar-refractivity contribution is 7.90. The number of anilines is 2. The van der Waals surface area contributed by atoms with Crippen LogP contribution in [0.25, 0.3) is 11.3 Å². The van der Waals surface area contributed by atoms with Gasteiger partial charge in [-0.05, 0) is 36.8 Å². The zero-order chi connectivity index (χ0) is 22.0. The van der Waals surface area contributed by atoms with Gasteiger partial charge in [-0.3, -0.25) is 4.79 Å². The molecule has 7 nitrogen and oxygen atoms in total. The Balaban J connectivity index is 1.48. The molecular weight excluding hydrogens is 434 g/mol. The Morgan fingerprint density at radius 3 is 2.52 bits per heavy atom. The number of hydrogen-bond acceptors (Lipinski definition) is 7. The Morgan fingerprint density at radius 1 is 1.13 bits per heavy atom. The Hall–Kier alpha value is -2.75. The van der Waals surface area contributed by atoms with E-state index in [0.717, 1.165) is 48.9 Å². The van der Waals surface area contributed by atoms with Crippen molar-refractivity contribution in [2.24, 2.45) is 0 Å². The third-order valence-corrected chi connectivity index (χ3v) is 7.11. The molecule has 0 bridgehead atoms. The highest BCUT2D eigenvalue weighted by Gasteiger charge is 2.16. The fraction of sp³-hybridized carbons (Fsp3) is 0.273. The number of hydrogen-bond donors (Lipinski definition) is 1. The monoisotopic (exact) mass is 457 g/mol. The first-order chi connectivity index (χ1) is 14.8. The number of aromatic nitrogens is 1. The summed E-state index contributed by atoms with van der Waals surface area (Å²) >= 11 is 1.61. The molecule has 0 unspecified atom stereocenters. The lowest BCUT2D eigenvalue weighted by atomic mass is 10.1. The van der Waals surface area contributed by atoms with E-state index in [1.807, 2.05) is 29.6 Å². The largest absolute Gasteiger partial charge is 0.378 e. The molecule has 0 radical (unpaired) electrons. The predicted octanol–water partition coefficient (Wildman–Crippen LogP) is 3.61. The molecular formula is C22H23N3O4S2. The molecule has 4 rings (SSSR count). The third kappa shape index (κ3) is 4.95. The highest BCUT2D eigenvalue weighted by Crippen LogP contribution is 2.29. The highest BCUT2D eigenvalue weighted by atomic mass is 32.2. The average molecular weight is 458 g/mol. The number of benzene rings is 2. The van der Waals surface area contributed by atoms with Crippen molar-refractivity contribution in [2.75, 3.05) is 42.8 Å². The maximum Gasteiger partial charge on any atom is 0.255 e. The topological polar surface area (TPSA) is 88.6 Å². The van der Waals surface area contributed by atoms with Gasteiger partial charge in [0.25, 0.3) is 5.91 Å². The first kappa shape index (κ1) is 21.5. The third-order valence-electron chi connectivity index (χ3n) is 5.09. The second-order valence-corrected chi connectivity index (χ2v) is 10.2. The molecule has 3 aromatic rings. The van der Waals surface area contributed by atoms with E-state index in [1.54, 1.807) is 24.3 Å². The van der Waals surface area contributed by atoms with Gasteiger partial charge in [-0.2, -0.15) is 0 Å². The zero-order valence-corrected chi connectivity index (χ0v) is 18.9. The lowest BCUT2D eigenvalue weighted by molar-refractivity contribution is 0.102. The van der Waals surface area contributed by atoms with Gasteiger partial charge >= 0.3 is 0 Å². The summed E-state index contributed by atoms with van der Waals surface area (Å²) in [5, 5.41) is 5.85. The summed E-state index contributed by atoms with van der Waals surface area (Å²) in [6.45, 7) is 4.90. The SMILES string of the molecule is Cc1ccc(S(C)(=O)=O)cc1C(=O)Nc1ccc(-c2csc(N3CCOCC3)n2)cc1. The van der Waals surface area contributed by atoms with Crippen molar-refractivity contribution < 1.29 is 17.9 Å². The molecule has 1 fully saturated rings. The van der Waals surface area contributed by atoms with Gasteiger partial charge in [0.2, 0.25) is 0 Å². The van der Waals surface area contributed by atoms with E-state index in [2.05, 4.69) is 10.2 Å². The number of carbonyl (C=O) groups excluding carboxylic acids is 1. The molecule has 1 aliphatic heterocycles. The average Bonchev–Trinajstić information content (AvgIpc) is 3.24. The summed E-state index contributed by atoms with van der Waals surface area (Å²) in [5.41, 5.74) is 3.52. The van der Waals surface area contributed by atoms with Gasteiger partial charge in [0.1, 0.15) is 0 Å². The van der Waals surface area contributed by atoms with Crippen molar-refractivity contribution in [1.29, 1.82) is 0 Å². The van der Waals surface area contributed by atoms with E-state index < -0.39 is 9.84 Å². The molecule has 0 aliphatic carbocycles. The van der Waals surface area contributed by atoms with Gasteiger partial charge in [0.15, 0.2) is 15.0 Å². The van der Waals surface area contributed by atoms with Crippen LogP contribution in [0, 0.1) is 6.92 Å². The second-order valence-electron chi connectivity index (χ2n) is 7.40. The number of nitrogens with zero attached hydrogens (tertiary/aromatic N) is 2. The maximum absolute atomic E-state index is 12.7. The van der Waals surface area contributed by atoms with E-state index in [4.69, 9.17) is 9.72 Å². The number of thiazole rings is 1. The minimum absolute atomic E-state index is 0.123. The van der Waals surface area contributed by atoms with Crippen LogP contribution in [0.3, 0.4) is 0 Å². The molecule has 1 aliphatic rings. The minimum atomic E-state index is -3.39. The Bertz CT molecular complexity index is 1200. The van der Waals surface area contributed by atoms with E-state index in [9.17, 15) is 13.2 Å². The lowest BCUT2D eigenvalue weighted by Crippen LogP contribution is -2.36. The molecule has 1 amide bonds. The summed E-state index contributed by atoms with van der Waals surface area (Å²) in [6.07, 6.45) is 1.13. The van der Waals surface area contributed by atoms with Crippen molar-refractivity contribution in [3.8, 4) is 11.3 Å². The van der Waals surface area contributed by atoms with Crippen molar-refractivity contribution >= 4 is 37.9 Å². The van der Waals surface area contributed by atoms with Crippen LogP contribution < -0.4 is 10.2 Å². The van der Waals surface area contributed by atoms with Crippen LogP contribution in [-0.4, -0.2) is 51.9 Å². The van der Waals surface area contributed by atoms with Gasteiger partial charge in [-0.15, -0.1) is 11.3 Å². The fourth-order valence-corrected chi connectivity index (χ4v) is 4.83. The molecule has 0 saturated carbocycles. The summed E-state index contributed by atoms with van der Waals surface area (Å²) < 4.78 is 29.0. The molecule has 2 heterocycles. The number of amides is 1. The Labute approximate surface area is 185 Å². The minimum Gasteiger partial charge on any atom is -0.378 e. The molecule has 1 aromatic heterocycles. The Kier molecular flexibility index (Phi) is 6.08. The van der Waals surface area contributed by atoms with E-state index in [1.165, 1.54) is 12.1 Å². The van der Waals surface area contributed by atoms with E-state index >= 15 is 0 Å².